The number of amides is 8. The molecule has 20 heteroatoms. The van der Waals surface area contributed by atoms with Crippen LogP contribution in [0.15, 0.2) is 0 Å². The second-order valence-corrected chi connectivity index (χ2v) is 15.7. The number of rotatable bonds is 14. The second-order valence-electron chi connectivity index (χ2n) is 13.2. The van der Waals surface area contributed by atoms with Gasteiger partial charge in [0.1, 0.15) is 24.2 Å². The number of nitrogens with two attached hydrogens (primary N) is 2. The van der Waals surface area contributed by atoms with E-state index >= 15 is 0 Å². The summed E-state index contributed by atoms with van der Waals surface area (Å²) in [6, 6.07) is -5.94. The van der Waals surface area contributed by atoms with Gasteiger partial charge < -0.3 is 48.5 Å². The molecule has 0 aromatic rings. The molecule has 2 saturated heterocycles. The maximum Gasteiger partial charge on any atom is 0.243 e. The highest BCUT2D eigenvalue weighted by Gasteiger charge is 2.38. The first kappa shape index (κ1) is 43.5. The summed E-state index contributed by atoms with van der Waals surface area (Å²) in [5.41, 5.74) is 10.8. The maximum absolute atomic E-state index is 13.7. The van der Waals surface area contributed by atoms with Crippen LogP contribution in [-0.2, 0) is 38.4 Å². The number of primary amides is 2. The Balaban J connectivity index is 2.25. The largest absolute Gasteiger partial charge is 0.390 e. The first-order valence-corrected chi connectivity index (χ1v) is 19.4. The number of carbonyl (C=O) groups is 8. The van der Waals surface area contributed by atoms with Gasteiger partial charge in [0.05, 0.1) is 31.2 Å². The molecule has 0 spiro atoms. The highest BCUT2D eigenvalue weighted by atomic mass is 33.1. The van der Waals surface area contributed by atoms with Gasteiger partial charge in [-0.05, 0) is 31.2 Å². The van der Waals surface area contributed by atoms with E-state index in [1.165, 1.54) is 28.5 Å². The van der Waals surface area contributed by atoms with Crippen LogP contribution in [0.3, 0.4) is 0 Å². The molecule has 11 N–H and O–H groups in total. The van der Waals surface area contributed by atoms with Crippen LogP contribution in [-0.4, -0.2) is 131 Å². The van der Waals surface area contributed by atoms with Crippen LogP contribution in [0.25, 0.3) is 0 Å². The van der Waals surface area contributed by atoms with Gasteiger partial charge in [-0.3, -0.25) is 43.3 Å². The summed E-state index contributed by atoms with van der Waals surface area (Å²) in [5.74, 6) is -5.54. The molecule has 0 saturated carbocycles. The smallest absolute Gasteiger partial charge is 0.243 e. The lowest BCUT2D eigenvalue weighted by atomic mass is 9.96. The van der Waals surface area contributed by atoms with Gasteiger partial charge in [-0.25, -0.2) is 0 Å². The van der Waals surface area contributed by atoms with Crippen LogP contribution >= 0.6 is 21.6 Å². The molecule has 288 valence electrons. The molecule has 2 heterocycles. The van der Waals surface area contributed by atoms with E-state index < -0.39 is 103 Å². The molecule has 18 nitrogen and oxygen atoms in total. The highest BCUT2D eigenvalue weighted by molar-refractivity contribution is 8.76. The van der Waals surface area contributed by atoms with Gasteiger partial charge in [0.2, 0.25) is 47.3 Å². The Labute approximate surface area is 305 Å². The van der Waals surface area contributed by atoms with Gasteiger partial charge in [-0.2, -0.15) is 0 Å². The first-order valence-electron chi connectivity index (χ1n) is 16.9. The predicted molar refractivity (Wildman–Crippen MR) is 191 cm³/mol. The Morgan fingerprint density at radius 3 is 2.24 bits per heavy atom. The second kappa shape index (κ2) is 21.0. The summed E-state index contributed by atoms with van der Waals surface area (Å²) in [6.07, 6.45) is -0.202. The third-order valence-electron chi connectivity index (χ3n) is 8.68. The van der Waals surface area contributed by atoms with E-state index in [9.17, 15) is 43.5 Å². The third kappa shape index (κ3) is 14.1. The molecule has 8 amide bonds. The molecule has 0 aromatic heterocycles. The number of hydrogen-bond donors (Lipinski definition) is 9. The van der Waals surface area contributed by atoms with E-state index in [0.29, 0.717) is 25.8 Å². The summed E-state index contributed by atoms with van der Waals surface area (Å²) < 4.78 is 0. The van der Waals surface area contributed by atoms with Crippen molar-refractivity contribution in [2.45, 2.75) is 103 Å². The zero-order valence-corrected chi connectivity index (χ0v) is 31.3. The number of nitrogens with zero attached hydrogens (tertiary/aromatic N) is 1. The van der Waals surface area contributed by atoms with Crippen molar-refractivity contribution in [2.75, 3.05) is 31.1 Å². The number of aliphatic hydroxyl groups excluding tert-OH is 1. The average Bonchev–Trinajstić information content (AvgIpc) is 3.51. The Bertz CT molecular complexity index is 1290. The minimum Gasteiger partial charge on any atom is -0.390 e. The Morgan fingerprint density at radius 2 is 1.65 bits per heavy atom. The number of carbonyl (C=O) groups excluding carboxylic acids is 8. The molecule has 0 radical (unpaired) electrons. The fourth-order valence-electron chi connectivity index (χ4n) is 5.61. The van der Waals surface area contributed by atoms with Gasteiger partial charge in [-0.1, -0.05) is 55.7 Å². The third-order valence-corrected chi connectivity index (χ3v) is 11.1. The molecule has 2 aliphatic rings. The van der Waals surface area contributed by atoms with E-state index in [2.05, 4.69) is 31.9 Å². The molecule has 0 bridgehead atoms. The van der Waals surface area contributed by atoms with Gasteiger partial charge in [0.25, 0.3) is 0 Å². The molecule has 51 heavy (non-hydrogen) atoms. The summed E-state index contributed by atoms with van der Waals surface area (Å²) in [5, 5.41) is 27.0. The lowest BCUT2D eigenvalue weighted by molar-refractivity contribution is -0.134. The summed E-state index contributed by atoms with van der Waals surface area (Å²) in [6.45, 7) is 8.24. The van der Waals surface area contributed by atoms with Crippen LogP contribution in [0.1, 0.15) is 60.3 Å². The summed E-state index contributed by atoms with van der Waals surface area (Å²) >= 11 is 0. The van der Waals surface area contributed by atoms with Gasteiger partial charge in [0, 0.05) is 25.0 Å². The minimum absolute atomic E-state index is 0.0602. The quantitative estimate of drug-likeness (QED) is 0.0794. The van der Waals surface area contributed by atoms with Crippen LogP contribution in [0.5, 0.6) is 0 Å². The van der Waals surface area contributed by atoms with Crippen molar-refractivity contribution in [2.24, 2.45) is 23.3 Å². The van der Waals surface area contributed by atoms with Crippen molar-refractivity contribution in [3.63, 3.8) is 0 Å². The topological polar surface area (TPSA) is 284 Å². The van der Waals surface area contributed by atoms with E-state index in [0.717, 1.165) is 0 Å². The van der Waals surface area contributed by atoms with Gasteiger partial charge in [-0.15, -0.1) is 0 Å². The lowest BCUT2D eigenvalue weighted by Gasteiger charge is -2.33. The maximum atomic E-state index is 13.7. The normalized spacial score (nSPS) is 24.8. The van der Waals surface area contributed by atoms with E-state index in [1.807, 2.05) is 6.92 Å². The van der Waals surface area contributed by atoms with Crippen molar-refractivity contribution >= 4 is 68.8 Å². The van der Waals surface area contributed by atoms with Gasteiger partial charge in [0.15, 0.2) is 0 Å². The lowest BCUT2D eigenvalue weighted by Crippen LogP contribution is -2.59. The fraction of sp³-hybridized carbons (Fsp3) is 0.742. The molecule has 0 unspecified atom stereocenters. The Hall–Kier alpha value is -3.62. The first-order chi connectivity index (χ1) is 23.9. The Morgan fingerprint density at radius 1 is 0.980 bits per heavy atom. The monoisotopic (exact) mass is 759 g/mol. The van der Waals surface area contributed by atoms with Crippen LogP contribution in [0, 0.1) is 11.8 Å². The predicted octanol–water partition coefficient (Wildman–Crippen LogP) is -3.17. The molecule has 2 rings (SSSR count). The van der Waals surface area contributed by atoms with E-state index in [4.69, 9.17) is 11.5 Å². The molecule has 0 aliphatic carbocycles. The molecule has 2 fully saturated rings. The van der Waals surface area contributed by atoms with Crippen molar-refractivity contribution in [1.82, 2.24) is 36.8 Å². The average molecular weight is 760 g/mol. The minimum atomic E-state index is -1.41. The number of aliphatic hydroxyl groups is 1. The molecule has 2 aliphatic heterocycles. The van der Waals surface area contributed by atoms with Crippen molar-refractivity contribution < 1.29 is 43.5 Å². The van der Waals surface area contributed by atoms with E-state index in [1.54, 1.807) is 25.7 Å². The van der Waals surface area contributed by atoms with Crippen molar-refractivity contribution in [3.8, 4) is 0 Å². The zero-order chi connectivity index (χ0) is 38.4. The molecule has 8 atom stereocenters. The van der Waals surface area contributed by atoms with Crippen molar-refractivity contribution in [3.05, 3.63) is 0 Å². The summed E-state index contributed by atoms with van der Waals surface area (Å²) in [4.78, 5) is 103. The van der Waals surface area contributed by atoms with Gasteiger partial charge >= 0.3 is 0 Å². The number of nitrogens with one attached hydrogen (secondary N) is 6. The number of likely N-dealkylation sites (tertiary alicyclic amines) is 1. The molecular formula is C31H53N9O9S2. The van der Waals surface area contributed by atoms with Crippen molar-refractivity contribution in [1.29, 1.82) is 0 Å². The fourth-order valence-corrected chi connectivity index (χ4v) is 8.06. The van der Waals surface area contributed by atoms with Crippen LogP contribution < -0.4 is 43.4 Å². The summed E-state index contributed by atoms with van der Waals surface area (Å²) in [7, 11) is 2.41. The molecular weight excluding hydrogens is 707 g/mol. The SMILES string of the molecule is CC[C@H](C)[C@H](NC(=O)[C@@H]1CCCN1C[C@H](O)[C@@H]1CSSC[C@@H](NC(C)=O)C(=O)NCC(=O)N[C@@H](CC(N)=O)C(=O)N1)C(=O)N[C@H](C(N)=O)C(C)C. The highest BCUT2D eigenvalue weighted by Crippen LogP contribution is 2.25. The van der Waals surface area contributed by atoms with Crippen LogP contribution in [0.2, 0.25) is 0 Å². The standard InChI is InChI=1S/C31H53N9O9S2/c1-6-16(4)26(31(49)38-25(15(2)3)27(33)45)39-30(48)21-8-7-9-40(21)12-22(42)19-13-50-51-14-20(35-17(5)41)28(46)34-11-24(44)36-18(10-23(32)43)29(47)37-19/h15-16,18-22,25-26,42H,6-14H2,1-5H3,(H2,32,43)(H2,33,45)(H,34,46)(H,35,41)(H,36,44)(H,37,47)(H,38,49)(H,39,48)/t16-,18-,19-,20+,21-,22-,25-,26-/m0/s1. The number of hydrogen-bond acceptors (Lipinski definition) is 12. The number of β-amino-alcohol motifs (C(OH)–C–C–N with tert-alkyl or cyclic N) is 1. The van der Waals surface area contributed by atoms with Crippen LogP contribution in [0.4, 0.5) is 0 Å². The molecule has 0 aromatic carbocycles. The zero-order valence-electron chi connectivity index (χ0n) is 29.7. The van der Waals surface area contributed by atoms with E-state index in [-0.39, 0.29) is 29.9 Å². The Kier molecular flexibility index (Phi) is 18.0.